The normalized spacial score (nSPS) is 14.4. The van der Waals surface area contributed by atoms with Crippen LogP contribution in [-0.4, -0.2) is 28.0 Å². The van der Waals surface area contributed by atoms with E-state index in [0.29, 0.717) is 48.3 Å². The highest BCUT2D eigenvalue weighted by Gasteiger charge is 2.18. The maximum absolute atomic E-state index is 12.2. The summed E-state index contributed by atoms with van der Waals surface area (Å²) in [7, 11) is 0. The van der Waals surface area contributed by atoms with Crippen LogP contribution in [0.4, 0.5) is 5.69 Å². The molecule has 150 valence electrons. The first kappa shape index (κ1) is 20.0. The molecule has 2 aromatic rings. The number of hydrogen-bond donors (Lipinski definition) is 2. The van der Waals surface area contributed by atoms with E-state index in [-0.39, 0.29) is 17.7 Å². The Labute approximate surface area is 165 Å². The minimum absolute atomic E-state index is 0.0508. The van der Waals surface area contributed by atoms with Crippen molar-refractivity contribution in [2.24, 2.45) is 0 Å². The zero-order chi connectivity index (χ0) is 19.9. The van der Waals surface area contributed by atoms with Crippen molar-refractivity contribution in [3.63, 3.8) is 0 Å². The Morgan fingerprint density at radius 1 is 1.18 bits per heavy atom. The molecular weight excluding hydrogens is 356 g/mol. The van der Waals surface area contributed by atoms with Crippen molar-refractivity contribution in [2.75, 3.05) is 5.32 Å². The summed E-state index contributed by atoms with van der Waals surface area (Å²) >= 11 is 0. The van der Waals surface area contributed by atoms with E-state index in [9.17, 15) is 9.59 Å². The van der Waals surface area contributed by atoms with Crippen molar-refractivity contribution in [1.29, 1.82) is 0 Å². The Morgan fingerprint density at radius 2 is 1.89 bits per heavy atom. The van der Waals surface area contributed by atoms with E-state index in [1.165, 1.54) is 12.8 Å². The Balaban J connectivity index is 1.41. The molecule has 2 amide bonds. The second-order valence-electron chi connectivity index (χ2n) is 7.63. The summed E-state index contributed by atoms with van der Waals surface area (Å²) in [4.78, 5) is 28.6. The van der Waals surface area contributed by atoms with Crippen LogP contribution in [0, 0.1) is 0 Å². The summed E-state index contributed by atoms with van der Waals surface area (Å²) in [6.45, 7) is 4.01. The molecule has 0 bridgehead atoms. The number of benzene rings is 1. The van der Waals surface area contributed by atoms with Crippen LogP contribution in [0.3, 0.4) is 0 Å². The van der Waals surface area contributed by atoms with E-state index >= 15 is 0 Å². The molecule has 0 atom stereocenters. The molecule has 1 saturated carbocycles. The smallest absolute Gasteiger partial charge is 0.251 e. The third-order valence-electron chi connectivity index (χ3n) is 4.92. The van der Waals surface area contributed by atoms with Gasteiger partial charge in [-0.25, -0.2) is 0 Å². The second kappa shape index (κ2) is 9.48. The van der Waals surface area contributed by atoms with E-state index in [1.54, 1.807) is 24.3 Å². The Kier molecular flexibility index (Phi) is 6.79. The predicted molar refractivity (Wildman–Crippen MR) is 106 cm³/mol. The molecule has 0 unspecified atom stereocenters. The number of carbonyl (C=O) groups excluding carboxylic acids is 2. The minimum atomic E-state index is -0.0771. The molecule has 1 aliphatic rings. The van der Waals surface area contributed by atoms with Crippen molar-refractivity contribution in [3.05, 3.63) is 41.5 Å². The molecule has 0 radical (unpaired) electrons. The van der Waals surface area contributed by atoms with Crippen LogP contribution in [0.15, 0.2) is 28.8 Å². The van der Waals surface area contributed by atoms with Crippen molar-refractivity contribution in [2.45, 2.75) is 70.8 Å². The van der Waals surface area contributed by atoms with Gasteiger partial charge in [0.15, 0.2) is 5.82 Å². The standard InChI is InChI=1S/C21H28N4O3/c1-14(2)20-24-19(28-25-20)9-5-8-18(26)22-17-12-10-15(11-13-17)21(27)23-16-6-3-4-7-16/h10-14,16H,3-9H2,1-2H3,(H,22,26)(H,23,27). The fourth-order valence-electron chi connectivity index (χ4n) is 3.27. The fourth-order valence-corrected chi connectivity index (χ4v) is 3.27. The van der Waals surface area contributed by atoms with Gasteiger partial charge in [0.05, 0.1) is 0 Å². The number of carbonyl (C=O) groups is 2. The third kappa shape index (κ3) is 5.65. The lowest BCUT2D eigenvalue weighted by Crippen LogP contribution is -2.32. The van der Waals surface area contributed by atoms with Crippen LogP contribution in [0.5, 0.6) is 0 Å². The number of nitrogens with one attached hydrogen (secondary N) is 2. The SMILES string of the molecule is CC(C)c1noc(CCCC(=O)Nc2ccc(C(=O)NC3CCCC3)cc2)n1. The van der Waals surface area contributed by atoms with Gasteiger partial charge in [0, 0.05) is 36.1 Å². The van der Waals surface area contributed by atoms with Gasteiger partial charge in [0.25, 0.3) is 5.91 Å². The molecule has 0 aliphatic heterocycles. The quantitative estimate of drug-likeness (QED) is 0.721. The lowest BCUT2D eigenvalue weighted by Gasteiger charge is -2.12. The largest absolute Gasteiger partial charge is 0.349 e. The first-order chi connectivity index (χ1) is 13.5. The molecule has 1 aromatic heterocycles. The molecule has 28 heavy (non-hydrogen) atoms. The summed E-state index contributed by atoms with van der Waals surface area (Å²) < 4.78 is 5.18. The maximum atomic E-state index is 12.2. The van der Waals surface area contributed by atoms with Crippen LogP contribution in [0.25, 0.3) is 0 Å². The fraction of sp³-hybridized carbons (Fsp3) is 0.524. The second-order valence-corrected chi connectivity index (χ2v) is 7.63. The van der Waals surface area contributed by atoms with Gasteiger partial charge in [-0.3, -0.25) is 9.59 Å². The molecule has 0 saturated heterocycles. The molecule has 7 nitrogen and oxygen atoms in total. The number of hydrogen-bond acceptors (Lipinski definition) is 5. The van der Waals surface area contributed by atoms with Crippen molar-refractivity contribution >= 4 is 17.5 Å². The highest BCUT2D eigenvalue weighted by atomic mass is 16.5. The summed E-state index contributed by atoms with van der Waals surface area (Å²) in [6, 6.07) is 7.29. The van der Waals surface area contributed by atoms with Crippen LogP contribution >= 0.6 is 0 Å². The summed E-state index contributed by atoms with van der Waals surface area (Å²) in [5, 5.41) is 9.83. The highest BCUT2D eigenvalue weighted by Crippen LogP contribution is 2.18. The average molecular weight is 384 g/mol. The van der Waals surface area contributed by atoms with E-state index in [1.807, 2.05) is 13.8 Å². The van der Waals surface area contributed by atoms with Gasteiger partial charge >= 0.3 is 0 Å². The van der Waals surface area contributed by atoms with E-state index < -0.39 is 0 Å². The molecule has 1 fully saturated rings. The van der Waals surface area contributed by atoms with Gasteiger partial charge in [0.1, 0.15) is 0 Å². The Bertz CT molecular complexity index is 792. The maximum Gasteiger partial charge on any atom is 0.251 e. The summed E-state index contributed by atoms with van der Waals surface area (Å²) in [6.07, 6.45) is 6.05. The van der Waals surface area contributed by atoms with Crippen LogP contribution in [-0.2, 0) is 11.2 Å². The Morgan fingerprint density at radius 3 is 2.54 bits per heavy atom. The number of nitrogens with zero attached hydrogens (tertiary/aromatic N) is 2. The van der Waals surface area contributed by atoms with Gasteiger partial charge in [-0.15, -0.1) is 0 Å². The topological polar surface area (TPSA) is 97.1 Å². The Hall–Kier alpha value is -2.70. The molecule has 0 spiro atoms. The molecule has 2 N–H and O–H groups in total. The lowest BCUT2D eigenvalue weighted by molar-refractivity contribution is -0.116. The zero-order valence-corrected chi connectivity index (χ0v) is 16.5. The molecule has 1 aromatic carbocycles. The van der Waals surface area contributed by atoms with Gasteiger partial charge < -0.3 is 15.2 Å². The van der Waals surface area contributed by atoms with Crippen LogP contribution in [0.1, 0.15) is 80.4 Å². The average Bonchev–Trinajstić information content (AvgIpc) is 3.34. The summed E-state index contributed by atoms with van der Waals surface area (Å²) in [5.74, 6) is 1.35. The number of anilines is 1. The first-order valence-corrected chi connectivity index (χ1v) is 10.0. The van der Waals surface area contributed by atoms with Gasteiger partial charge in [-0.2, -0.15) is 4.98 Å². The van der Waals surface area contributed by atoms with Gasteiger partial charge in [0.2, 0.25) is 11.8 Å². The minimum Gasteiger partial charge on any atom is -0.349 e. The van der Waals surface area contributed by atoms with Crippen molar-refractivity contribution in [1.82, 2.24) is 15.5 Å². The van der Waals surface area contributed by atoms with E-state index in [0.717, 1.165) is 12.8 Å². The number of aromatic nitrogens is 2. The van der Waals surface area contributed by atoms with Gasteiger partial charge in [-0.05, 0) is 43.5 Å². The van der Waals surface area contributed by atoms with Crippen LogP contribution < -0.4 is 10.6 Å². The monoisotopic (exact) mass is 384 g/mol. The first-order valence-electron chi connectivity index (χ1n) is 10.0. The highest BCUT2D eigenvalue weighted by molar-refractivity contribution is 5.96. The molecule has 1 aliphatic carbocycles. The molecule has 7 heteroatoms. The summed E-state index contributed by atoms with van der Waals surface area (Å²) in [5.41, 5.74) is 1.30. The molecular formula is C21H28N4O3. The molecule has 1 heterocycles. The zero-order valence-electron chi connectivity index (χ0n) is 16.5. The molecule has 3 rings (SSSR count). The van der Waals surface area contributed by atoms with E-state index in [2.05, 4.69) is 20.8 Å². The van der Waals surface area contributed by atoms with Crippen molar-refractivity contribution in [3.8, 4) is 0 Å². The van der Waals surface area contributed by atoms with Gasteiger partial charge in [-0.1, -0.05) is 31.8 Å². The van der Waals surface area contributed by atoms with Crippen molar-refractivity contribution < 1.29 is 14.1 Å². The number of rotatable bonds is 8. The van der Waals surface area contributed by atoms with E-state index in [4.69, 9.17) is 4.52 Å². The number of amides is 2. The lowest BCUT2D eigenvalue weighted by atomic mass is 10.1. The predicted octanol–water partition coefficient (Wildman–Crippen LogP) is 3.83. The number of aryl methyl sites for hydroxylation is 1. The van der Waals surface area contributed by atoms with Crippen LogP contribution in [0.2, 0.25) is 0 Å². The third-order valence-corrected chi connectivity index (χ3v) is 4.92.